The summed E-state index contributed by atoms with van der Waals surface area (Å²) in [5, 5.41) is 9.95. The van der Waals surface area contributed by atoms with E-state index in [2.05, 4.69) is 27.7 Å². The second-order valence-corrected chi connectivity index (χ2v) is 4.87. The number of rotatable bonds is 5. The average molecular weight is 252 g/mol. The summed E-state index contributed by atoms with van der Waals surface area (Å²) in [6.07, 6.45) is 2.82. The van der Waals surface area contributed by atoms with Crippen molar-refractivity contribution in [3.8, 4) is 0 Å². The first-order valence-electron chi connectivity index (χ1n) is 6.44. The Balaban J connectivity index is 1.93. The van der Waals surface area contributed by atoms with E-state index in [1.165, 1.54) is 0 Å². The summed E-state index contributed by atoms with van der Waals surface area (Å²) in [6.45, 7) is 5.85. The van der Waals surface area contributed by atoms with Gasteiger partial charge in [0.25, 0.3) is 0 Å². The molecule has 6 nitrogen and oxygen atoms in total. The Labute approximate surface area is 107 Å². The fourth-order valence-corrected chi connectivity index (χ4v) is 2.50. The molecule has 2 rings (SSSR count). The van der Waals surface area contributed by atoms with Crippen LogP contribution in [0.25, 0.3) is 0 Å². The zero-order chi connectivity index (χ0) is 13.0. The topological polar surface area (TPSA) is 80.1 Å². The Kier molecular flexibility index (Phi) is 3.96. The van der Waals surface area contributed by atoms with E-state index in [1.54, 1.807) is 6.92 Å². The number of nitrogens with one attached hydrogen (secondary N) is 2. The average Bonchev–Trinajstić information content (AvgIpc) is 2.97. The van der Waals surface area contributed by atoms with Crippen molar-refractivity contribution in [1.29, 1.82) is 0 Å². The number of aromatic nitrogens is 2. The Bertz CT molecular complexity index is 410. The van der Waals surface area contributed by atoms with E-state index in [4.69, 9.17) is 4.52 Å². The minimum absolute atomic E-state index is 0.0943. The van der Waals surface area contributed by atoms with Crippen molar-refractivity contribution in [3.05, 3.63) is 11.7 Å². The molecule has 1 unspecified atom stereocenters. The standard InChI is InChI=1S/C12H20N4O2/c1-3-4-12(5-6-13-8-12)11(17)14-7-10-15-9(2)18-16-10/h13H,3-8H2,1-2H3,(H,14,17). The number of nitrogens with zero attached hydrogens (tertiary/aromatic N) is 2. The molecule has 2 N–H and O–H groups in total. The third-order valence-corrected chi connectivity index (χ3v) is 3.43. The lowest BCUT2D eigenvalue weighted by Gasteiger charge is -2.26. The van der Waals surface area contributed by atoms with Crippen LogP contribution in [-0.2, 0) is 11.3 Å². The van der Waals surface area contributed by atoms with Crippen LogP contribution in [0.5, 0.6) is 0 Å². The molecule has 1 aromatic rings. The maximum Gasteiger partial charge on any atom is 0.227 e. The predicted molar refractivity (Wildman–Crippen MR) is 65.7 cm³/mol. The lowest BCUT2D eigenvalue weighted by atomic mass is 9.81. The quantitative estimate of drug-likeness (QED) is 0.809. The van der Waals surface area contributed by atoms with Crippen molar-refractivity contribution in [2.24, 2.45) is 5.41 Å². The van der Waals surface area contributed by atoms with Gasteiger partial charge in [-0.1, -0.05) is 18.5 Å². The molecular formula is C12H20N4O2. The Hall–Kier alpha value is -1.43. The Morgan fingerprint density at radius 2 is 2.44 bits per heavy atom. The molecule has 1 aliphatic rings. The summed E-state index contributed by atoms with van der Waals surface area (Å²) in [5.41, 5.74) is -0.256. The largest absolute Gasteiger partial charge is 0.348 e. The zero-order valence-corrected chi connectivity index (χ0v) is 11.0. The summed E-state index contributed by atoms with van der Waals surface area (Å²) in [5.74, 6) is 1.14. The summed E-state index contributed by atoms with van der Waals surface area (Å²) in [6, 6.07) is 0. The van der Waals surface area contributed by atoms with Gasteiger partial charge in [-0.05, 0) is 19.4 Å². The monoisotopic (exact) mass is 252 g/mol. The van der Waals surface area contributed by atoms with Gasteiger partial charge in [0.05, 0.1) is 12.0 Å². The molecule has 0 radical (unpaired) electrons. The van der Waals surface area contributed by atoms with Crippen LogP contribution in [0.4, 0.5) is 0 Å². The fraction of sp³-hybridized carbons (Fsp3) is 0.750. The molecule has 100 valence electrons. The predicted octanol–water partition coefficient (Wildman–Crippen LogP) is 0.774. The number of carbonyl (C=O) groups excluding carboxylic acids is 1. The second-order valence-electron chi connectivity index (χ2n) is 4.87. The van der Waals surface area contributed by atoms with Crippen molar-refractivity contribution < 1.29 is 9.32 Å². The van der Waals surface area contributed by atoms with Crippen molar-refractivity contribution in [2.45, 2.75) is 39.7 Å². The molecule has 1 fully saturated rings. The molecule has 18 heavy (non-hydrogen) atoms. The van der Waals surface area contributed by atoms with Gasteiger partial charge >= 0.3 is 0 Å². The normalized spacial score (nSPS) is 23.2. The molecule has 1 aliphatic heterocycles. The molecule has 0 aliphatic carbocycles. The van der Waals surface area contributed by atoms with Crippen LogP contribution in [0.3, 0.4) is 0 Å². The van der Waals surface area contributed by atoms with Crippen molar-refractivity contribution in [1.82, 2.24) is 20.8 Å². The van der Waals surface area contributed by atoms with Crippen molar-refractivity contribution in [3.63, 3.8) is 0 Å². The van der Waals surface area contributed by atoms with Gasteiger partial charge in [0.2, 0.25) is 11.8 Å². The van der Waals surface area contributed by atoms with Crippen LogP contribution in [0.1, 0.15) is 37.9 Å². The molecule has 0 bridgehead atoms. The number of carbonyl (C=O) groups is 1. The number of amides is 1. The third kappa shape index (κ3) is 2.69. The molecular weight excluding hydrogens is 232 g/mol. The van der Waals surface area contributed by atoms with Crippen LogP contribution >= 0.6 is 0 Å². The molecule has 0 aromatic carbocycles. The first-order chi connectivity index (χ1) is 8.66. The van der Waals surface area contributed by atoms with Gasteiger partial charge < -0.3 is 15.2 Å². The molecule has 0 saturated carbocycles. The highest BCUT2D eigenvalue weighted by atomic mass is 16.5. The summed E-state index contributed by atoms with van der Waals surface area (Å²) in [7, 11) is 0. The Morgan fingerprint density at radius 3 is 3.00 bits per heavy atom. The zero-order valence-electron chi connectivity index (χ0n) is 11.0. The van der Waals surface area contributed by atoms with Gasteiger partial charge in [-0.25, -0.2) is 0 Å². The van der Waals surface area contributed by atoms with Gasteiger partial charge in [-0.2, -0.15) is 4.98 Å². The molecule has 6 heteroatoms. The molecule has 1 aromatic heterocycles. The van der Waals surface area contributed by atoms with E-state index < -0.39 is 0 Å². The lowest BCUT2D eigenvalue weighted by molar-refractivity contribution is -0.130. The molecule has 1 saturated heterocycles. The maximum atomic E-state index is 12.3. The molecule has 1 amide bonds. The van der Waals surface area contributed by atoms with Gasteiger partial charge in [-0.15, -0.1) is 0 Å². The smallest absolute Gasteiger partial charge is 0.227 e. The van der Waals surface area contributed by atoms with E-state index in [-0.39, 0.29) is 11.3 Å². The fourth-order valence-electron chi connectivity index (χ4n) is 2.50. The minimum atomic E-state index is -0.256. The summed E-state index contributed by atoms with van der Waals surface area (Å²) in [4.78, 5) is 16.4. The molecule has 2 heterocycles. The van der Waals surface area contributed by atoms with E-state index in [0.717, 1.165) is 32.4 Å². The van der Waals surface area contributed by atoms with Crippen LogP contribution in [-0.4, -0.2) is 29.1 Å². The first kappa shape index (κ1) is 13.0. The molecule has 1 atom stereocenters. The maximum absolute atomic E-state index is 12.3. The summed E-state index contributed by atoms with van der Waals surface area (Å²) >= 11 is 0. The van der Waals surface area contributed by atoms with Crippen LogP contribution in [0.15, 0.2) is 4.52 Å². The van der Waals surface area contributed by atoms with E-state index in [9.17, 15) is 4.79 Å². The highest BCUT2D eigenvalue weighted by Crippen LogP contribution is 2.31. The van der Waals surface area contributed by atoms with Crippen molar-refractivity contribution in [2.75, 3.05) is 13.1 Å². The lowest BCUT2D eigenvalue weighted by Crippen LogP contribution is -2.42. The van der Waals surface area contributed by atoms with Gasteiger partial charge in [-0.3, -0.25) is 4.79 Å². The van der Waals surface area contributed by atoms with Crippen molar-refractivity contribution >= 4 is 5.91 Å². The van der Waals surface area contributed by atoms with Gasteiger partial charge in [0.15, 0.2) is 5.82 Å². The Morgan fingerprint density at radius 1 is 1.61 bits per heavy atom. The first-order valence-corrected chi connectivity index (χ1v) is 6.44. The van der Waals surface area contributed by atoms with E-state index in [1.807, 2.05) is 0 Å². The van der Waals surface area contributed by atoms with Crippen LogP contribution in [0, 0.1) is 12.3 Å². The third-order valence-electron chi connectivity index (χ3n) is 3.43. The van der Waals surface area contributed by atoms with E-state index in [0.29, 0.717) is 18.3 Å². The van der Waals surface area contributed by atoms with Crippen LogP contribution < -0.4 is 10.6 Å². The highest BCUT2D eigenvalue weighted by molar-refractivity contribution is 5.83. The number of hydrogen-bond donors (Lipinski definition) is 2. The van der Waals surface area contributed by atoms with Crippen LogP contribution in [0.2, 0.25) is 0 Å². The van der Waals surface area contributed by atoms with Gasteiger partial charge in [0, 0.05) is 13.5 Å². The number of hydrogen-bond acceptors (Lipinski definition) is 5. The SMILES string of the molecule is CCCC1(C(=O)NCc2noc(C)n2)CCNC1. The second kappa shape index (κ2) is 5.48. The number of aryl methyl sites for hydroxylation is 1. The summed E-state index contributed by atoms with van der Waals surface area (Å²) < 4.78 is 4.87. The minimum Gasteiger partial charge on any atom is -0.348 e. The van der Waals surface area contributed by atoms with E-state index >= 15 is 0 Å². The van der Waals surface area contributed by atoms with Gasteiger partial charge in [0.1, 0.15) is 0 Å². The molecule has 0 spiro atoms. The highest BCUT2D eigenvalue weighted by Gasteiger charge is 2.40.